The number of rotatable bonds is 4. The normalized spacial score (nSPS) is 28.2. The van der Waals surface area contributed by atoms with Crippen molar-refractivity contribution in [2.45, 2.75) is 44.0 Å². The summed E-state index contributed by atoms with van der Waals surface area (Å²) in [6.45, 7) is 4.17. The summed E-state index contributed by atoms with van der Waals surface area (Å²) in [5.74, 6) is 0.929. The van der Waals surface area contributed by atoms with Crippen LogP contribution in [0.25, 0.3) is 0 Å². The summed E-state index contributed by atoms with van der Waals surface area (Å²) < 4.78 is 34.3. The van der Waals surface area contributed by atoms with Gasteiger partial charge in [0.15, 0.2) is 0 Å². The Kier molecular flexibility index (Phi) is 3.83. The van der Waals surface area contributed by atoms with Crippen LogP contribution in [-0.2, 0) is 21.3 Å². The molecular formula is C13H21N3O3S. The summed E-state index contributed by atoms with van der Waals surface area (Å²) in [4.78, 5) is 4.20. The van der Waals surface area contributed by atoms with Crippen LogP contribution < -0.4 is 0 Å². The number of imidazole rings is 1. The second kappa shape index (κ2) is 5.46. The maximum absolute atomic E-state index is 12.7. The Bertz CT molecular complexity index is 563. The van der Waals surface area contributed by atoms with E-state index in [1.54, 1.807) is 10.5 Å². The highest BCUT2D eigenvalue weighted by atomic mass is 32.2. The molecule has 1 aromatic heterocycles. The van der Waals surface area contributed by atoms with Crippen molar-refractivity contribution in [3.05, 3.63) is 18.2 Å². The van der Waals surface area contributed by atoms with E-state index in [-0.39, 0.29) is 11.3 Å². The molecule has 3 rings (SSSR count). The highest BCUT2D eigenvalue weighted by molar-refractivity contribution is 7.89. The first-order chi connectivity index (χ1) is 9.59. The van der Waals surface area contributed by atoms with Crippen molar-refractivity contribution in [1.29, 1.82) is 0 Å². The van der Waals surface area contributed by atoms with Gasteiger partial charge in [0.25, 0.3) is 0 Å². The third-order valence-corrected chi connectivity index (χ3v) is 6.64. The molecule has 2 aliphatic rings. The van der Waals surface area contributed by atoms with E-state index >= 15 is 0 Å². The van der Waals surface area contributed by atoms with Crippen molar-refractivity contribution in [3.8, 4) is 0 Å². The molecule has 0 bridgehead atoms. The number of hydrogen-bond acceptors (Lipinski definition) is 4. The third-order valence-electron chi connectivity index (χ3n) is 4.29. The number of sulfonamides is 1. The largest absolute Gasteiger partial charge is 0.380 e. The summed E-state index contributed by atoms with van der Waals surface area (Å²) in [5.41, 5.74) is 0. The van der Waals surface area contributed by atoms with Crippen molar-refractivity contribution < 1.29 is 13.2 Å². The molecule has 0 aliphatic carbocycles. The topological polar surface area (TPSA) is 64.4 Å². The summed E-state index contributed by atoms with van der Waals surface area (Å²) in [7, 11) is -3.23. The van der Waals surface area contributed by atoms with Gasteiger partial charge in [0, 0.05) is 38.1 Å². The number of hydrogen-bond donors (Lipinski definition) is 0. The molecule has 2 fully saturated rings. The van der Waals surface area contributed by atoms with Crippen molar-refractivity contribution in [2.24, 2.45) is 0 Å². The van der Waals surface area contributed by atoms with E-state index in [0.29, 0.717) is 32.7 Å². The van der Waals surface area contributed by atoms with E-state index in [4.69, 9.17) is 4.74 Å². The summed E-state index contributed by atoms with van der Waals surface area (Å²) in [5, 5.41) is -0.355. The second-order valence-corrected chi connectivity index (χ2v) is 7.73. The fourth-order valence-electron chi connectivity index (χ4n) is 3.09. The smallest absolute Gasteiger partial charge is 0.219 e. The Morgan fingerprint density at radius 2 is 2.30 bits per heavy atom. The average Bonchev–Trinajstić information content (AvgIpc) is 3.12. The van der Waals surface area contributed by atoms with Gasteiger partial charge in [-0.1, -0.05) is 0 Å². The zero-order chi connectivity index (χ0) is 14.2. The van der Waals surface area contributed by atoms with E-state index in [2.05, 4.69) is 4.98 Å². The van der Waals surface area contributed by atoms with E-state index in [9.17, 15) is 8.42 Å². The van der Waals surface area contributed by atoms with Gasteiger partial charge in [-0.3, -0.25) is 0 Å². The highest BCUT2D eigenvalue weighted by Crippen LogP contribution is 2.27. The van der Waals surface area contributed by atoms with Crippen LogP contribution in [0.5, 0.6) is 0 Å². The number of ether oxygens (including phenoxy) is 1. The first-order valence-corrected chi connectivity index (χ1v) is 8.65. The van der Waals surface area contributed by atoms with Crippen LogP contribution in [-0.4, -0.2) is 53.3 Å². The first kappa shape index (κ1) is 14.0. The Labute approximate surface area is 119 Å². The molecule has 6 nitrogen and oxygen atoms in total. The molecular weight excluding hydrogens is 278 g/mol. The van der Waals surface area contributed by atoms with Crippen LogP contribution in [0.3, 0.4) is 0 Å². The molecule has 2 atom stereocenters. The molecule has 3 heterocycles. The molecule has 112 valence electrons. The zero-order valence-electron chi connectivity index (χ0n) is 11.7. The molecule has 2 aliphatic heterocycles. The minimum atomic E-state index is -3.23. The van der Waals surface area contributed by atoms with Crippen LogP contribution in [0.4, 0.5) is 0 Å². The monoisotopic (exact) mass is 299 g/mol. The van der Waals surface area contributed by atoms with Gasteiger partial charge in [-0.05, 0) is 26.2 Å². The lowest BCUT2D eigenvalue weighted by molar-refractivity contribution is 0.197. The van der Waals surface area contributed by atoms with Gasteiger partial charge >= 0.3 is 0 Å². The van der Waals surface area contributed by atoms with Crippen molar-refractivity contribution in [3.63, 3.8) is 0 Å². The summed E-state index contributed by atoms with van der Waals surface area (Å²) in [6.07, 6.45) is 6.15. The molecule has 0 radical (unpaired) electrons. The number of nitrogens with zero attached hydrogens (tertiary/aromatic N) is 3. The second-order valence-electron chi connectivity index (χ2n) is 5.56. The van der Waals surface area contributed by atoms with Crippen molar-refractivity contribution >= 4 is 10.0 Å². The molecule has 1 aromatic rings. The van der Waals surface area contributed by atoms with Crippen LogP contribution >= 0.6 is 0 Å². The van der Waals surface area contributed by atoms with Crippen LogP contribution in [0.15, 0.2) is 12.4 Å². The van der Waals surface area contributed by atoms with Gasteiger partial charge in [-0.2, -0.15) is 4.31 Å². The van der Waals surface area contributed by atoms with Gasteiger partial charge in [0.05, 0.1) is 6.61 Å². The van der Waals surface area contributed by atoms with Crippen LogP contribution in [0, 0.1) is 6.92 Å². The molecule has 0 amide bonds. The molecule has 0 spiro atoms. The van der Waals surface area contributed by atoms with Gasteiger partial charge in [-0.15, -0.1) is 0 Å². The van der Waals surface area contributed by atoms with Gasteiger partial charge in [0.1, 0.15) is 11.1 Å². The van der Waals surface area contributed by atoms with Gasteiger partial charge < -0.3 is 9.30 Å². The predicted molar refractivity (Wildman–Crippen MR) is 74.8 cm³/mol. The lowest BCUT2D eigenvalue weighted by Gasteiger charge is -2.27. The summed E-state index contributed by atoms with van der Waals surface area (Å²) in [6, 6.07) is 0.0495. The highest BCUT2D eigenvalue weighted by Gasteiger charge is 2.40. The number of aromatic nitrogens is 2. The summed E-state index contributed by atoms with van der Waals surface area (Å²) >= 11 is 0. The Balaban J connectivity index is 1.76. The molecule has 2 unspecified atom stereocenters. The Hall–Kier alpha value is -0.920. The van der Waals surface area contributed by atoms with Crippen molar-refractivity contribution in [2.75, 3.05) is 19.8 Å². The SMILES string of the molecule is Cc1nccn1CC1CCCN1S(=O)(=O)C1CCOC1. The molecule has 0 aromatic carbocycles. The fraction of sp³-hybridized carbons (Fsp3) is 0.769. The molecule has 0 N–H and O–H groups in total. The zero-order valence-corrected chi connectivity index (χ0v) is 12.6. The third kappa shape index (κ3) is 2.49. The first-order valence-electron chi connectivity index (χ1n) is 7.15. The quantitative estimate of drug-likeness (QED) is 0.824. The minimum Gasteiger partial charge on any atom is -0.380 e. The van der Waals surface area contributed by atoms with E-state index in [1.807, 2.05) is 17.7 Å². The lowest BCUT2D eigenvalue weighted by Crippen LogP contribution is -2.43. The standard InChI is InChI=1S/C13H21N3O3S/c1-11-14-5-7-15(11)9-12-3-2-6-16(12)20(17,18)13-4-8-19-10-13/h5,7,12-13H,2-4,6,8-10H2,1H3. The fourth-order valence-corrected chi connectivity index (χ4v) is 5.11. The van der Waals surface area contributed by atoms with E-state index in [0.717, 1.165) is 18.7 Å². The molecule has 2 saturated heterocycles. The predicted octanol–water partition coefficient (Wildman–Crippen LogP) is 0.775. The maximum Gasteiger partial charge on any atom is 0.219 e. The van der Waals surface area contributed by atoms with Gasteiger partial charge in [-0.25, -0.2) is 13.4 Å². The minimum absolute atomic E-state index is 0.0495. The molecule has 20 heavy (non-hydrogen) atoms. The Morgan fingerprint density at radius 3 is 2.95 bits per heavy atom. The number of aryl methyl sites for hydroxylation is 1. The Morgan fingerprint density at radius 1 is 1.45 bits per heavy atom. The molecule has 0 saturated carbocycles. The average molecular weight is 299 g/mol. The van der Waals surface area contributed by atoms with Gasteiger partial charge in [0.2, 0.25) is 10.0 Å². The van der Waals surface area contributed by atoms with Crippen LogP contribution in [0.2, 0.25) is 0 Å². The lowest BCUT2D eigenvalue weighted by atomic mass is 10.2. The van der Waals surface area contributed by atoms with E-state index < -0.39 is 10.0 Å². The maximum atomic E-state index is 12.7. The van der Waals surface area contributed by atoms with Crippen LogP contribution in [0.1, 0.15) is 25.1 Å². The van der Waals surface area contributed by atoms with Crippen molar-refractivity contribution in [1.82, 2.24) is 13.9 Å². The molecule has 7 heteroatoms. The van der Waals surface area contributed by atoms with E-state index in [1.165, 1.54) is 0 Å².